The van der Waals surface area contributed by atoms with Gasteiger partial charge in [-0.05, 0) is 25.1 Å². The third-order valence-electron chi connectivity index (χ3n) is 3.23. The fraction of sp³-hybridized carbons (Fsp3) is 0.500. The Morgan fingerprint density at radius 3 is 2.81 bits per heavy atom. The van der Waals surface area contributed by atoms with Crippen LogP contribution in [0, 0.1) is 5.82 Å². The Hall–Kier alpha value is -0.440. The summed E-state index contributed by atoms with van der Waals surface area (Å²) in [7, 11) is -2.26. The van der Waals surface area contributed by atoms with Crippen LogP contribution in [0.2, 0.25) is 5.02 Å². The van der Waals surface area contributed by atoms with E-state index in [4.69, 9.17) is 11.6 Å². The molecule has 0 saturated carbocycles. The molecular weight excluding hydrogens is 340 g/mol. The number of benzene rings is 1. The minimum absolute atomic E-state index is 0. The fourth-order valence-corrected chi connectivity index (χ4v) is 3.37. The van der Waals surface area contributed by atoms with Gasteiger partial charge in [0.2, 0.25) is 0 Å². The summed E-state index contributed by atoms with van der Waals surface area (Å²) in [5.74, 6) is -0.512. The average Bonchev–Trinajstić information content (AvgIpc) is 2.85. The quantitative estimate of drug-likeness (QED) is 0.839. The van der Waals surface area contributed by atoms with E-state index in [1.165, 1.54) is 25.2 Å². The second kappa shape index (κ2) is 7.71. The van der Waals surface area contributed by atoms with E-state index in [1.54, 1.807) is 0 Å². The molecule has 0 aromatic heterocycles. The van der Waals surface area contributed by atoms with E-state index in [-0.39, 0.29) is 35.6 Å². The largest absolute Gasteiger partial charge is 0.315 e. The van der Waals surface area contributed by atoms with E-state index in [0.717, 1.165) is 17.3 Å². The van der Waals surface area contributed by atoms with Gasteiger partial charge in [0.05, 0.1) is 0 Å². The molecule has 1 aromatic rings. The van der Waals surface area contributed by atoms with Crippen LogP contribution < -0.4 is 10.0 Å². The highest BCUT2D eigenvalue weighted by atomic mass is 35.5. The van der Waals surface area contributed by atoms with Gasteiger partial charge in [0.1, 0.15) is 5.82 Å². The van der Waals surface area contributed by atoms with Crippen molar-refractivity contribution in [3.63, 3.8) is 0 Å². The minimum Gasteiger partial charge on any atom is -0.315 e. The van der Waals surface area contributed by atoms with Gasteiger partial charge >= 0.3 is 0 Å². The van der Waals surface area contributed by atoms with Crippen LogP contribution in [0.1, 0.15) is 12.0 Å². The first-order chi connectivity index (χ1) is 9.40. The molecule has 2 rings (SSSR count). The van der Waals surface area contributed by atoms with Gasteiger partial charge in [-0.15, -0.1) is 12.4 Å². The smallest absolute Gasteiger partial charge is 0.279 e. The van der Waals surface area contributed by atoms with E-state index in [0.29, 0.717) is 6.54 Å². The molecule has 1 atom stereocenters. The summed E-state index contributed by atoms with van der Waals surface area (Å²) in [6.07, 6.45) is 0.744. The van der Waals surface area contributed by atoms with Crippen molar-refractivity contribution in [1.29, 1.82) is 0 Å². The Bertz CT molecular complexity index is 560. The number of halogens is 3. The highest BCUT2D eigenvalue weighted by Gasteiger charge is 2.25. The van der Waals surface area contributed by atoms with Crippen molar-refractivity contribution in [3.8, 4) is 0 Å². The molecule has 1 saturated heterocycles. The van der Waals surface area contributed by atoms with Gasteiger partial charge in [-0.3, -0.25) is 0 Å². The first kappa shape index (κ1) is 18.6. The van der Waals surface area contributed by atoms with Crippen molar-refractivity contribution in [1.82, 2.24) is 14.3 Å². The first-order valence-corrected chi connectivity index (χ1v) is 8.09. The molecule has 120 valence electrons. The number of hydrogen-bond donors (Lipinski definition) is 2. The van der Waals surface area contributed by atoms with Gasteiger partial charge in [0.25, 0.3) is 10.2 Å². The molecule has 0 amide bonds. The molecular formula is C12H18Cl2FN3O2S. The van der Waals surface area contributed by atoms with Crippen LogP contribution in [0.3, 0.4) is 0 Å². The highest BCUT2D eigenvalue weighted by molar-refractivity contribution is 7.87. The number of nitrogens with one attached hydrogen (secondary N) is 2. The van der Waals surface area contributed by atoms with Gasteiger partial charge in [0, 0.05) is 36.8 Å². The van der Waals surface area contributed by atoms with Crippen LogP contribution in [0.4, 0.5) is 4.39 Å². The number of nitrogens with zero attached hydrogens (tertiary/aromatic N) is 1. The van der Waals surface area contributed by atoms with E-state index < -0.39 is 16.0 Å². The van der Waals surface area contributed by atoms with Gasteiger partial charge < -0.3 is 5.32 Å². The maximum absolute atomic E-state index is 13.7. The van der Waals surface area contributed by atoms with E-state index >= 15 is 0 Å². The van der Waals surface area contributed by atoms with Crippen molar-refractivity contribution < 1.29 is 12.8 Å². The predicted molar refractivity (Wildman–Crippen MR) is 83.5 cm³/mol. The molecule has 0 aliphatic carbocycles. The van der Waals surface area contributed by atoms with Crippen molar-refractivity contribution >= 4 is 34.2 Å². The molecule has 1 aliphatic rings. The lowest BCUT2D eigenvalue weighted by atomic mass is 10.2. The van der Waals surface area contributed by atoms with E-state index in [1.807, 2.05) is 0 Å². The van der Waals surface area contributed by atoms with Gasteiger partial charge in [-0.25, -0.2) is 4.39 Å². The standard InChI is InChI=1S/C12H17ClFN3O2S.ClH/c1-17(8-10-11(13)3-2-4-12(10)14)20(18,19)16-9-5-6-15-7-9;/h2-4,9,15-16H,5-8H2,1H3;1H. The van der Waals surface area contributed by atoms with Gasteiger partial charge in [-0.2, -0.15) is 17.4 Å². The molecule has 0 spiro atoms. The Morgan fingerprint density at radius 1 is 1.52 bits per heavy atom. The number of rotatable bonds is 5. The van der Waals surface area contributed by atoms with Crippen LogP contribution >= 0.6 is 24.0 Å². The zero-order chi connectivity index (χ0) is 14.8. The van der Waals surface area contributed by atoms with Crippen LogP contribution in [0.25, 0.3) is 0 Å². The van der Waals surface area contributed by atoms with E-state index in [9.17, 15) is 12.8 Å². The van der Waals surface area contributed by atoms with Crippen LogP contribution in [-0.2, 0) is 16.8 Å². The molecule has 0 bridgehead atoms. The van der Waals surface area contributed by atoms with Crippen LogP contribution in [0.15, 0.2) is 18.2 Å². The lowest BCUT2D eigenvalue weighted by molar-refractivity contribution is 0.438. The molecule has 0 radical (unpaired) electrons. The van der Waals surface area contributed by atoms with Crippen molar-refractivity contribution in [2.45, 2.75) is 19.0 Å². The summed E-state index contributed by atoms with van der Waals surface area (Å²) in [5.41, 5.74) is 0.173. The summed E-state index contributed by atoms with van der Waals surface area (Å²) in [4.78, 5) is 0. The maximum atomic E-state index is 13.7. The minimum atomic E-state index is -3.66. The highest BCUT2D eigenvalue weighted by Crippen LogP contribution is 2.21. The molecule has 2 N–H and O–H groups in total. The van der Waals surface area contributed by atoms with Crippen LogP contribution in [-0.4, -0.2) is 38.9 Å². The van der Waals surface area contributed by atoms with Crippen molar-refractivity contribution in [2.24, 2.45) is 0 Å². The third kappa shape index (κ3) is 4.77. The molecule has 1 unspecified atom stereocenters. The van der Waals surface area contributed by atoms with Gasteiger partial charge in [-0.1, -0.05) is 17.7 Å². The second-order valence-corrected chi connectivity index (χ2v) is 6.99. The third-order valence-corrected chi connectivity index (χ3v) is 5.16. The normalized spacial score (nSPS) is 18.8. The monoisotopic (exact) mass is 357 g/mol. The Balaban J connectivity index is 0.00000220. The average molecular weight is 358 g/mol. The topological polar surface area (TPSA) is 61.4 Å². The maximum Gasteiger partial charge on any atom is 0.279 e. The van der Waals surface area contributed by atoms with Gasteiger partial charge in [0.15, 0.2) is 0 Å². The van der Waals surface area contributed by atoms with E-state index in [2.05, 4.69) is 10.0 Å². The predicted octanol–water partition coefficient (Wildman–Crippen LogP) is 1.53. The SMILES string of the molecule is CN(Cc1c(F)cccc1Cl)S(=O)(=O)NC1CCNC1.Cl. The lowest BCUT2D eigenvalue weighted by Crippen LogP contribution is -2.44. The lowest BCUT2D eigenvalue weighted by Gasteiger charge is -2.21. The number of hydrogen-bond acceptors (Lipinski definition) is 3. The Kier molecular flexibility index (Phi) is 6.83. The first-order valence-electron chi connectivity index (χ1n) is 6.27. The molecule has 1 aliphatic heterocycles. The summed E-state index contributed by atoms with van der Waals surface area (Å²) in [6.45, 7) is 1.28. The fourth-order valence-electron chi connectivity index (χ4n) is 2.05. The van der Waals surface area contributed by atoms with Crippen molar-refractivity contribution in [3.05, 3.63) is 34.6 Å². The molecule has 1 heterocycles. The molecule has 21 heavy (non-hydrogen) atoms. The Morgan fingerprint density at radius 2 is 2.24 bits per heavy atom. The molecule has 1 aromatic carbocycles. The van der Waals surface area contributed by atoms with Crippen molar-refractivity contribution in [2.75, 3.05) is 20.1 Å². The van der Waals surface area contributed by atoms with Crippen LogP contribution in [0.5, 0.6) is 0 Å². The zero-order valence-corrected chi connectivity index (χ0v) is 13.9. The zero-order valence-electron chi connectivity index (χ0n) is 11.5. The summed E-state index contributed by atoms with van der Waals surface area (Å²) in [6, 6.07) is 4.15. The summed E-state index contributed by atoms with van der Waals surface area (Å²) in [5, 5.41) is 3.29. The molecule has 9 heteroatoms. The summed E-state index contributed by atoms with van der Waals surface area (Å²) >= 11 is 5.90. The Labute approximate surface area is 135 Å². The second-order valence-electron chi connectivity index (χ2n) is 4.77. The molecule has 5 nitrogen and oxygen atoms in total. The molecule has 1 fully saturated rings. The summed E-state index contributed by atoms with van der Waals surface area (Å²) < 4.78 is 41.6.